The number of hydrogen-bond acceptors (Lipinski definition) is 6. The lowest BCUT2D eigenvalue weighted by atomic mass is 9.74. The Hall–Kier alpha value is -3.10. The Labute approximate surface area is 199 Å². The number of fused-ring (bicyclic) bond motifs is 1. The molecule has 0 unspecified atom stereocenters. The van der Waals surface area contributed by atoms with Crippen LogP contribution in [-0.4, -0.2) is 55.2 Å². The number of carbonyl (C=O) groups excluding carboxylic acids is 2. The smallest absolute Gasteiger partial charge is 0.251 e. The SMILES string of the molecule is Cc1cccc(C(=O)NCC(=O)NC2CN([C@H]3CC[C@@](N)(c4ccc5c(c4)OCO5)CC3)C2)c1. The largest absolute Gasteiger partial charge is 0.454 e. The minimum atomic E-state index is -0.342. The van der Waals surface area contributed by atoms with Crippen molar-refractivity contribution in [3.05, 3.63) is 59.2 Å². The first kappa shape index (κ1) is 22.7. The van der Waals surface area contributed by atoms with Gasteiger partial charge in [-0.1, -0.05) is 23.8 Å². The van der Waals surface area contributed by atoms with Gasteiger partial charge >= 0.3 is 0 Å². The van der Waals surface area contributed by atoms with Crippen LogP contribution in [0.2, 0.25) is 0 Å². The fraction of sp³-hybridized carbons (Fsp3) is 0.462. The van der Waals surface area contributed by atoms with E-state index in [0.717, 1.165) is 61.4 Å². The predicted molar refractivity (Wildman–Crippen MR) is 128 cm³/mol. The first-order valence-electron chi connectivity index (χ1n) is 12.0. The normalized spacial score (nSPS) is 24.4. The number of rotatable bonds is 6. The van der Waals surface area contributed by atoms with Crippen molar-refractivity contribution in [1.82, 2.24) is 15.5 Å². The summed E-state index contributed by atoms with van der Waals surface area (Å²) in [5, 5.41) is 5.72. The summed E-state index contributed by atoms with van der Waals surface area (Å²) in [6.45, 7) is 3.86. The summed E-state index contributed by atoms with van der Waals surface area (Å²) in [4.78, 5) is 26.9. The Bertz CT molecular complexity index is 1070. The van der Waals surface area contributed by atoms with Crippen LogP contribution in [0.25, 0.3) is 0 Å². The fourth-order valence-electron chi connectivity index (χ4n) is 5.21. The molecular weight excluding hydrogens is 432 g/mol. The highest BCUT2D eigenvalue weighted by molar-refractivity contribution is 5.96. The molecule has 2 amide bonds. The summed E-state index contributed by atoms with van der Waals surface area (Å²) in [5.74, 6) is 1.17. The lowest BCUT2D eigenvalue weighted by Gasteiger charge is -2.48. The number of nitrogens with one attached hydrogen (secondary N) is 2. The highest BCUT2D eigenvalue weighted by atomic mass is 16.7. The average molecular weight is 465 g/mol. The standard InChI is InChI=1S/C26H32N4O4/c1-17-3-2-4-18(11-17)25(32)28-13-24(31)29-20-14-30(15-20)21-7-9-26(27,10-8-21)19-5-6-22-23(12-19)34-16-33-22/h2-6,11-12,20-21H,7-10,13-16,27H2,1H3,(H,28,32)(H,29,31)/t21-,26-. The summed E-state index contributed by atoms with van der Waals surface area (Å²) in [5.41, 5.74) is 9.13. The van der Waals surface area contributed by atoms with E-state index in [1.165, 1.54) is 0 Å². The summed E-state index contributed by atoms with van der Waals surface area (Å²) in [6.07, 6.45) is 3.88. The third kappa shape index (κ3) is 4.74. The van der Waals surface area contributed by atoms with Gasteiger partial charge in [-0.3, -0.25) is 14.5 Å². The monoisotopic (exact) mass is 464 g/mol. The molecule has 2 aromatic rings. The molecule has 34 heavy (non-hydrogen) atoms. The Morgan fingerprint density at radius 1 is 1.09 bits per heavy atom. The van der Waals surface area contributed by atoms with Crippen LogP contribution < -0.4 is 25.8 Å². The molecule has 0 spiro atoms. The maximum absolute atomic E-state index is 12.3. The Morgan fingerprint density at radius 2 is 1.85 bits per heavy atom. The molecule has 1 saturated carbocycles. The zero-order valence-electron chi connectivity index (χ0n) is 19.5. The predicted octanol–water partition coefficient (Wildman–Crippen LogP) is 2.05. The van der Waals surface area contributed by atoms with Gasteiger partial charge in [0.05, 0.1) is 12.6 Å². The minimum absolute atomic E-state index is 0.0159. The second kappa shape index (κ2) is 9.27. The molecule has 0 radical (unpaired) electrons. The molecule has 2 aromatic carbocycles. The Balaban J connectivity index is 1.04. The number of hydrogen-bond donors (Lipinski definition) is 3. The second-order valence-electron chi connectivity index (χ2n) is 9.73. The molecule has 8 nitrogen and oxygen atoms in total. The van der Waals surface area contributed by atoms with Gasteiger partial charge in [-0.25, -0.2) is 0 Å². The molecule has 0 bridgehead atoms. The summed E-state index contributed by atoms with van der Waals surface area (Å²) in [7, 11) is 0. The van der Waals surface area contributed by atoms with Crippen LogP contribution in [0.4, 0.5) is 0 Å². The average Bonchev–Trinajstić information content (AvgIpc) is 3.28. The van der Waals surface area contributed by atoms with Crippen molar-refractivity contribution in [2.75, 3.05) is 26.4 Å². The van der Waals surface area contributed by atoms with Gasteiger partial charge in [0.2, 0.25) is 12.7 Å². The van der Waals surface area contributed by atoms with E-state index in [-0.39, 0.29) is 36.7 Å². The number of amides is 2. The molecule has 3 aliphatic rings. The van der Waals surface area contributed by atoms with Crippen molar-refractivity contribution in [2.45, 2.75) is 50.2 Å². The van der Waals surface area contributed by atoms with E-state index in [0.29, 0.717) is 11.6 Å². The summed E-state index contributed by atoms with van der Waals surface area (Å²) < 4.78 is 10.9. The molecule has 0 aromatic heterocycles. The minimum Gasteiger partial charge on any atom is -0.454 e. The van der Waals surface area contributed by atoms with Gasteiger partial charge in [-0.2, -0.15) is 0 Å². The molecular formula is C26H32N4O4. The first-order valence-corrected chi connectivity index (χ1v) is 12.0. The number of aryl methyl sites for hydroxylation is 1. The number of carbonyl (C=O) groups is 2. The van der Waals surface area contributed by atoms with E-state index in [2.05, 4.69) is 21.6 Å². The van der Waals surface area contributed by atoms with Gasteiger partial charge < -0.3 is 25.8 Å². The zero-order chi connectivity index (χ0) is 23.7. The molecule has 1 saturated heterocycles. The number of ether oxygens (including phenoxy) is 2. The molecule has 2 fully saturated rings. The number of likely N-dealkylation sites (tertiary alicyclic amines) is 1. The van der Waals surface area contributed by atoms with Crippen molar-refractivity contribution >= 4 is 11.8 Å². The quantitative estimate of drug-likeness (QED) is 0.604. The summed E-state index contributed by atoms with van der Waals surface area (Å²) in [6, 6.07) is 14.0. The van der Waals surface area contributed by atoms with E-state index in [1.54, 1.807) is 6.07 Å². The Kier molecular flexibility index (Phi) is 6.18. The van der Waals surface area contributed by atoms with Crippen molar-refractivity contribution in [2.24, 2.45) is 5.73 Å². The molecule has 2 heterocycles. The van der Waals surface area contributed by atoms with E-state index in [4.69, 9.17) is 15.2 Å². The van der Waals surface area contributed by atoms with Crippen molar-refractivity contribution < 1.29 is 19.1 Å². The van der Waals surface area contributed by atoms with Gasteiger partial charge in [0.15, 0.2) is 11.5 Å². The van der Waals surface area contributed by atoms with Gasteiger partial charge in [0.1, 0.15) is 0 Å². The molecule has 8 heteroatoms. The number of nitrogens with two attached hydrogens (primary N) is 1. The van der Waals surface area contributed by atoms with Crippen LogP contribution in [0, 0.1) is 6.92 Å². The summed E-state index contributed by atoms with van der Waals surface area (Å²) >= 11 is 0. The van der Waals surface area contributed by atoms with Crippen molar-refractivity contribution in [3.8, 4) is 11.5 Å². The molecule has 180 valence electrons. The van der Waals surface area contributed by atoms with E-state index in [9.17, 15) is 9.59 Å². The second-order valence-corrected chi connectivity index (χ2v) is 9.73. The van der Waals surface area contributed by atoms with Crippen LogP contribution in [0.3, 0.4) is 0 Å². The third-order valence-corrected chi connectivity index (χ3v) is 7.28. The van der Waals surface area contributed by atoms with Gasteiger partial charge in [-0.15, -0.1) is 0 Å². The first-order chi connectivity index (χ1) is 16.4. The van der Waals surface area contributed by atoms with Crippen LogP contribution in [0.1, 0.15) is 47.2 Å². The molecule has 4 N–H and O–H groups in total. The highest BCUT2D eigenvalue weighted by Crippen LogP contribution is 2.41. The fourth-order valence-corrected chi connectivity index (χ4v) is 5.21. The van der Waals surface area contributed by atoms with Gasteiger partial charge in [-0.05, 0) is 62.4 Å². The number of nitrogens with zero attached hydrogens (tertiary/aromatic N) is 1. The van der Waals surface area contributed by atoms with E-state index < -0.39 is 0 Å². The van der Waals surface area contributed by atoms with Crippen molar-refractivity contribution in [3.63, 3.8) is 0 Å². The molecule has 0 atom stereocenters. The highest BCUT2D eigenvalue weighted by Gasteiger charge is 2.40. The Morgan fingerprint density at radius 3 is 2.62 bits per heavy atom. The van der Waals surface area contributed by atoms with Crippen LogP contribution in [0.15, 0.2) is 42.5 Å². The molecule has 1 aliphatic carbocycles. The maximum Gasteiger partial charge on any atom is 0.251 e. The lowest BCUT2D eigenvalue weighted by molar-refractivity contribution is -0.122. The van der Waals surface area contributed by atoms with Crippen LogP contribution in [0.5, 0.6) is 11.5 Å². The third-order valence-electron chi connectivity index (χ3n) is 7.28. The molecule has 5 rings (SSSR count). The van der Waals surface area contributed by atoms with Crippen LogP contribution >= 0.6 is 0 Å². The van der Waals surface area contributed by atoms with E-state index >= 15 is 0 Å². The molecule has 2 aliphatic heterocycles. The van der Waals surface area contributed by atoms with E-state index in [1.807, 2.05) is 37.3 Å². The van der Waals surface area contributed by atoms with Crippen LogP contribution in [-0.2, 0) is 10.3 Å². The van der Waals surface area contributed by atoms with Crippen molar-refractivity contribution in [1.29, 1.82) is 0 Å². The topological polar surface area (TPSA) is 106 Å². The lowest BCUT2D eigenvalue weighted by Crippen LogP contribution is -2.63. The van der Waals surface area contributed by atoms with Gasteiger partial charge in [0, 0.05) is 30.2 Å². The zero-order valence-corrected chi connectivity index (χ0v) is 19.5. The van der Waals surface area contributed by atoms with Gasteiger partial charge in [0.25, 0.3) is 5.91 Å². The maximum atomic E-state index is 12.3. The number of benzene rings is 2.